The van der Waals surface area contributed by atoms with Gasteiger partial charge in [0.05, 0.1) is 6.61 Å². The largest absolute Gasteiger partial charge is 0.381 e. The Morgan fingerprint density at radius 1 is 1.50 bits per heavy atom. The highest BCUT2D eigenvalue weighted by molar-refractivity contribution is 7.89. The smallest absolute Gasteiger partial charge is 0.245 e. The van der Waals surface area contributed by atoms with Crippen molar-refractivity contribution in [2.75, 3.05) is 25.5 Å². The Morgan fingerprint density at radius 3 is 2.83 bits per heavy atom. The minimum absolute atomic E-state index is 0.0207. The molecule has 0 aliphatic carbocycles. The van der Waals surface area contributed by atoms with Crippen molar-refractivity contribution >= 4 is 15.8 Å². The summed E-state index contributed by atoms with van der Waals surface area (Å²) in [6, 6.07) is 0. The first kappa shape index (κ1) is 14.9. The third-order valence-electron chi connectivity index (χ3n) is 2.24. The van der Waals surface area contributed by atoms with Crippen molar-refractivity contribution in [3.63, 3.8) is 0 Å². The summed E-state index contributed by atoms with van der Waals surface area (Å²) in [6.45, 7) is 5.57. The zero-order chi connectivity index (χ0) is 13.6. The number of hydrogen-bond donors (Lipinski definition) is 2. The number of rotatable bonds is 8. The summed E-state index contributed by atoms with van der Waals surface area (Å²) in [4.78, 5) is 0.0208. The fraction of sp³-hybridized carbons (Fsp3) is 0.700. The van der Waals surface area contributed by atoms with E-state index >= 15 is 0 Å². The van der Waals surface area contributed by atoms with Crippen molar-refractivity contribution in [3.05, 3.63) is 6.20 Å². The quantitative estimate of drug-likeness (QED) is 0.660. The SMILES string of the molecule is CCCn1cc(S(=O)(=O)NCCOCC)c(N)n1. The molecule has 1 aromatic rings. The van der Waals surface area contributed by atoms with Gasteiger partial charge in [0, 0.05) is 25.9 Å². The Bertz CT molecular complexity index is 469. The Hall–Kier alpha value is -1.12. The van der Waals surface area contributed by atoms with Gasteiger partial charge >= 0.3 is 0 Å². The number of aromatic nitrogens is 2. The predicted octanol–water partition coefficient (Wildman–Crippen LogP) is 0.190. The summed E-state index contributed by atoms with van der Waals surface area (Å²) >= 11 is 0. The third-order valence-corrected chi connectivity index (χ3v) is 3.72. The van der Waals surface area contributed by atoms with Crippen LogP contribution in [0.1, 0.15) is 20.3 Å². The number of hydrogen-bond acceptors (Lipinski definition) is 5. The molecule has 1 heterocycles. The minimum Gasteiger partial charge on any atom is -0.381 e. The number of aryl methyl sites for hydroxylation is 1. The van der Waals surface area contributed by atoms with Crippen molar-refractivity contribution in [3.8, 4) is 0 Å². The van der Waals surface area contributed by atoms with E-state index in [1.54, 1.807) is 0 Å². The van der Waals surface area contributed by atoms with Gasteiger partial charge in [0.2, 0.25) is 10.0 Å². The molecule has 0 unspecified atom stereocenters. The second-order valence-corrected chi connectivity index (χ2v) is 5.47. The number of ether oxygens (including phenoxy) is 1. The molecule has 18 heavy (non-hydrogen) atoms. The molecule has 0 fully saturated rings. The number of nitrogens with zero attached hydrogens (tertiary/aromatic N) is 2. The van der Waals surface area contributed by atoms with Gasteiger partial charge in [-0.15, -0.1) is 0 Å². The van der Waals surface area contributed by atoms with Gasteiger partial charge in [0.1, 0.15) is 4.90 Å². The summed E-state index contributed by atoms with van der Waals surface area (Å²) in [7, 11) is -3.61. The summed E-state index contributed by atoms with van der Waals surface area (Å²) < 4.78 is 32.9. The van der Waals surface area contributed by atoms with E-state index in [9.17, 15) is 8.42 Å². The molecule has 0 aromatic carbocycles. The zero-order valence-corrected chi connectivity index (χ0v) is 11.5. The fourth-order valence-corrected chi connectivity index (χ4v) is 2.52. The molecule has 0 saturated heterocycles. The van der Waals surface area contributed by atoms with Crippen LogP contribution in [-0.2, 0) is 21.3 Å². The van der Waals surface area contributed by atoms with Crippen molar-refractivity contribution in [2.24, 2.45) is 0 Å². The van der Waals surface area contributed by atoms with E-state index in [1.807, 2.05) is 13.8 Å². The number of nitrogens with one attached hydrogen (secondary N) is 1. The molecule has 0 saturated carbocycles. The molecule has 0 aliphatic heterocycles. The average Bonchev–Trinajstić information content (AvgIpc) is 2.67. The lowest BCUT2D eigenvalue weighted by atomic mass is 10.5. The molecule has 1 rings (SSSR count). The van der Waals surface area contributed by atoms with Gasteiger partial charge in [0.15, 0.2) is 5.82 Å². The Morgan fingerprint density at radius 2 is 2.22 bits per heavy atom. The predicted molar refractivity (Wildman–Crippen MR) is 68.6 cm³/mol. The zero-order valence-electron chi connectivity index (χ0n) is 10.7. The standard InChI is InChI=1S/C10H20N4O3S/c1-3-6-14-8-9(10(11)13-14)18(15,16)12-5-7-17-4-2/h8,12H,3-7H2,1-2H3,(H2,11,13). The van der Waals surface area contributed by atoms with Crippen LogP contribution in [0.3, 0.4) is 0 Å². The molecule has 0 amide bonds. The highest BCUT2D eigenvalue weighted by Crippen LogP contribution is 2.15. The topological polar surface area (TPSA) is 99.2 Å². The molecule has 8 heteroatoms. The molecular formula is C10H20N4O3S. The van der Waals surface area contributed by atoms with Gasteiger partial charge < -0.3 is 10.5 Å². The molecule has 0 spiro atoms. The van der Waals surface area contributed by atoms with Crippen LogP contribution < -0.4 is 10.5 Å². The second-order valence-electron chi connectivity index (χ2n) is 3.74. The molecule has 0 bridgehead atoms. The molecule has 1 aromatic heterocycles. The van der Waals surface area contributed by atoms with Crippen LogP contribution in [0.15, 0.2) is 11.1 Å². The Balaban J connectivity index is 2.72. The van der Waals surface area contributed by atoms with Gasteiger partial charge in [-0.2, -0.15) is 5.10 Å². The Labute approximate surface area is 107 Å². The Kier molecular flexibility index (Phi) is 5.57. The van der Waals surface area contributed by atoms with Crippen molar-refractivity contribution < 1.29 is 13.2 Å². The van der Waals surface area contributed by atoms with Crippen molar-refractivity contribution in [2.45, 2.75) is 31.7 Å². The van der Waals surface area contributed by atoms with E-state index in [2.05, 4.69) is 9.82 Å². The van der Waals surface area contributed by atoms with Crippen LogP contribution in [0.2, 0.25) is 0 Å². The fourth-order valence-electron chi connectivity index (χ4n) is 1.44. The van der Waals surface area contributed by atoms with E-state index in [1.165, 1.54) is 10.9 Å². The molecule has 7 nitrogen and oxygen atoms in total. The maximum Gasteiger partial charge on any atom is 0.245 e. The summed E-state index contributed by atoms with van der Waals surface area (Å²) in [5.74, 6) is 0.0207. The van der Waals surface area contributed by atoms with E-state index in [4.69, 9.17) is 10.5 Å². The molecule has 3 N–H and O–H groups in total. The highest BCUT2D eigenvalue weighted by Gasteiger charge is 2.20. The lowest BCUT2D eigenvalue weighted by Crippen LogP contribution is -2.27. The van der Waals surface area contributed by atoms with Crippen molar-refractivity contribution in [1.82, 2.24) is 14.5 Å². The first-order chi connectivity index (χ1) is 8.51. The van der Waals surface area contributed by atoms with E-state index in [-0.39, 0.29) is 17.3 Å². The molecule has 0 radical (unpaired) electrons. The maximum absolute atomic E-state index is 11.9. The van der Waals surface area contributed by atoms with Crippen LogP contribution in [0, 0.1) is 0 Å². The van der Waals surface area contributed by atoms with Crippen LogP contribution in [0.5, 0.6) is 0 Å². The van der Waals surface area contributed by atoms with Crippen LogP contribution >= 0.6 is 0 Å². The number of nitrogen functional groups attached to an aromatic ring is 1. The van der Waals surface area contributed by atoms with Crippen LogP contribution in [0.4, 0.5) is 5.82 Å². The lowest BCUT2D eigenvalue weighted by molar-refractivity contribution is 0.153. The van der Waals surface area contributed by atoms with E-state index < -0.39 is 10.0 Å². The maximum atomic E-state index is 11.9. The van der Waals surface area contributed by atoms with Gasteiger partial charge in [-0.3, -0.25) is 4.68 Å². The van der Waals surface area contributed by atoms with Gasteiger partial charge in [-0.25, -0.2) is 13.1 Å². The monoisotopic (exact) mass is 276 g/mol. The molecule has 0 aliphatic rings. The molecule has 104 valence electrons. The van der Waals surface area contributed by atoms with Gasteiger partial charge in [0.25, 0.3) is 0 Å². The number of sulfonamides is 1. The number of nitrogens with two attached hydrogens (primary N) is 1. The third kappa shape index (κ3) is 3.97. The van der Waals surface area contributed by atoms with E-state index in [0.717, 1.165) is 6.42 Å². The molecule has 0 atom stereocenters. The summed E-state index contributed by atoms with van der Waals surface area (Å²) in [5, 5.41) is 3.96. The second kappa shape index (κ2) is 6.72. The first-order valence-electron chi connectivity index (χ1n) is 5.91. The lowest BCUT2D eigenvalue weighted by Gasteiger charge is -2.05. The summed E-state index contributed by atoms with van der Waals surface area (Å²) in [6.07, 6.45) is 2.31. The highest BCUT2D eigenvalue weighted by atomic mass is 32.2. The van der Waals surface area contributed by atoms with E-state index in [0.29, 0.717) is 19.8 Å². The summed E-state index contributed by atoms with van der Waals surface area (Å²) in [5.41, 5.74) is 5.61. The first-order valence-corrected chi connectivity index (χ1v) is 7.40. The average molecular weight is 276 g/mol. The van der Waals surface area contributed by atoms with Crippen LogP contribution in [-0.4, -0.2) is 38.0 Å². The van der Waals surface area contributed by atoms with Gasteiger partial charge in [-0.05, 0) is 13.3 Å². The number of anilines is 1. The molecular weight excluding hydrogens is 256 g/mol. The normalized spacial score (nSPS) is 11.9. The van der Waals surface area contributed by atoms with Crippen molar-refractivity contribution in [1.29, 1.82) is 0 Å². The minimum atomic E-state index is -3.61. The van der Waals surface area contributed by atoms with Crippen LogP contribution in [0.25, 0.3) is 0 Å². The van der Waals surface area contributed by atoms with Gasteiger partial charge in [-0.1, -0.05) is 6.92 Å².